The smallest absolute Gasteiger partial charge is 0.0991 e. The van der Waals surface area contributed by atoms with Crippen molar-refractivity contribution >= 4 is 0 Å². The summed E-state index contributed by atoms with van der Waals surface area (Å²) < 4.78 is 0. The quantitative estimate of drug-likeness (QED) is 0.645. The van der Waals surface area contributed by atoms with E-state index in [2.05, 4.69) is 24.4 Å². The van der Waals surface area contributed by atoms with Crippen LogP contribution in [0.3, 0.4) is 0 Å². The SMILES string of the molecule is CC1Cc2ccc(C#N)cc2CN1. The number of rotatable bonds is 0. The first-order chi connectivity index (χ1) is 6.29. The van der Waals surface area contributed by atoms with E-state index in [4.69, 9.17) is 5.26 Å². The van der Waals surface area contributed by atoms with E-state index in [1.165, 1.54) is 11.1 Å². The normalized spacial score (nSPS) is 20.5. The lowest BCUT2D eigenvalue weighted by Gasteiger charge is -2.22. The van der Waals surface area contributed by atoms with E-state index in [-0.39, 0.29) is 0 Å². The Balaban J connectivity index is 2.38. The van der Waals surface area contributed by atoms with Gasteiger partial charge >= 0.3 is 0 Å². The first-order valence-electron chi connectivity index (χ1n) is 4.55. The second kappa shape index (κ2) is 3.20. The molecule has 1 atom stereocenters. The van der Waals surface area contributed by atoms with Gasteiger partial charge in [-0.05, 0) is 36.6 Å². The van der Waals surface area contributed by atoms with Crippen molar-refractivity contribution in [3.63, 3.8) is 0 Å². The number of nitrogens with one attached hydrogen (secondary N) is 1. The van der Waals surface area contributed by atoms with Gasteiger partial charge in [0.25, 0.3) is 0 Å². The molecule has 0 saturated carbocycles. The molecule has 2 heteroatoms. The third-order valence-corrected chi connectivity index (χ3v) is 2.50. The molecule has 1 aromatic carbocycles. The number of nitrogens with zero attached hydrogens (tertiary/aromatic N) is 1. The number of hydrogen-bond acceptors (Lipinski definition) is 2. The highest BCUT2D eigenvalue weighted by Gasteiger charge is 2.13. The van der Waals surface area contributed by atoms with Crippen LogP contribution >= 0.6 is 0 Å². The van der Waals surface area contributed by atoms with Crippen LogP contribution in [0.2, 0.25) is 0 Å². The van der Waals surface area contributed by atoms with E-state index in [0.717, 1.165) is 18.5 Å². The van der Waals surface area contributed by atoms with Crippen molar-refractivity contribution in [3.8, 4) is 6.07 Å². The maximum atomic E-state index is 8.72. The van der Waals surface area contributed by atoms with Crippen LogP contribution in [0, 0.1) is 11.3 Å². The Hall–Kier alpha value is -1.33. The molecule has 1 aliphatic rings. The van der Waals surface area contributed by atoms with Gasteiger partial charge < -0.3 is 5.32 Å². The average molecular weight is 172 g/mol. The molecule has 66 valence electrons. The lowest BCUT2D eigenvalue weighted by Crippen LogP contribution is -2.32. The zero-order chi connectivity index (χ0) is 9.26. The summed E-state index contributed by atoms with van der Waals surface area (Å²) in [5.41, 5.74) is 3.41. The summed E-state index contributed by atoms with van der Waals surface area (Å²) in [7, 11) is 0. The van der Waals surface area contributed by atoms with Crippen molar-refractivity contribution in [2.45, 2.75) is 25.9 Å². The van der Waals surface area contributed by atoms with Crippen molar-refractivity contribution in [3.05, 3.63) is 34.9 Å². The second-order valence-corrected chi connectivity index (χ2v) is 3.58. The highest BCUT2D eigenvalue weighted by atomic mass is 14.9. The molecular weight excluding hydrogens is 160 g/mol. The van der Waals surface area contributed by atoms with Crippen molar-refractivity contribution in [2.75, 3.05) is 0 Å². The highest BCUT2D eigenvalue weighted by Crippen LogP contribution is 2.17. The summed E-state index contributed by atoms with van der Waals surface area (Å²) in [6, 6.07) is 8.67. The van der Waals surface area contributed by atoms with Crippen LogP contribution in [-0.4, -0.2) is 6.04 Å². The monoisotopic (exact) mass is 172 g/mol. The summed E-state index contributed by atoms with van der Waals surface area (Å²) in [5.74, 6) is 0. The maximum Gasteiger partial charge on any atom is 0.0991 e. The predicted molar refractivity (Wildman–Crippen MR) is 51.2 cm³/mol. The fourth-order valence-electron chi connectivity index (χ4n) is 1.75. The zero-order valence-corrected chi connectivity index (χ0v) is 7.67. The van der Waals surface area contributed by atoms with Gasteiger partial charge in [0.1, 0.15) is 0 Å². The fourth-order valence-corrected chi connectivity index (χ4v) is 1.75. The van der Waals surface area contributed by atoms with E-state index in [1.54, 1.807) is 0 Å². The minimum atomic E-state index is 0.556. The maximum absolute atomic E-state index is 8.72. The molecule has 0 saturated heterocycles. The van der Waals surface area contributed by atoms with Crippen molar-refractivity contribution in [2.24, 2.45) is 0 Å². The van der Waals surface area contributed by atoms with Gasteiger partial charge in [-0.25, -0.2) is 0 Å². The minimum Gasteiger partial charge on any atom is -0.310 e. The predicted octanol–water partition coefficient (Wildman–Crippen LogP) is 1.59. The van der Waals surface area contributed by atoms with Gasteiger partial charge in [0, 0.05) is 12.6 Å². The molecule has 2 rings (SSSR count). The Morgan fingerprint density at radius 1 is 1.46 bits per heavy atom. The molecule has 0 spiro atoms. The van der Waals surface area contributed by atoms with Crippen LogP contribution in [0.5, 0.6) is 0 Å². The largest absolute Gasteiger partial charge is 0.310 e. The van der Waals surface area contributed by atoms with Crippen molar-refractivity contribution in [1.82, 2.24) is 5.32 Å². The molecule has 1 aliphatic heterocycles. The molecule has 0 amide bonds. The van der Waals surface area contributed by atoms with Gasteiger partial charge in [0.15, 0.2) is 0 Å². The van der Waals surface area contributed by atoms with E-state index in [0.29, 0.717) is 6.04 Å². The molecule has 1 unspecified atom stereocenters. The van der Waals surface area contributed by atoms with Gasteiger partial charge in [-0.1, -0.05) is 6.07 Å². The summed E-state index contributed by atoms with van der Waals surface area (Å²) >= 11 is 0. The molecule has 0 radical (unpaired) electrons. The first kappa shape index (κ1) is 8.28. The molecule has 13 heavy (non-hydrogen) atoms. The topological polar surface area (TPSA) is 35.8 Å². The molecule has 0 aliphatic carbocycles. The van der Waals surface area contributed by atoms with Gasteiger partial charge in [0.05, 0.1) is 11.6 Å². The molecular formula is C11H12N2. The lowest BCUT2D eigenvalue weighted by molar-refractivity contribution is 0.513. The highest BCUT2D eigenvalue weighted by molar-refractivity contribution is 5.39. The summed E-state index contributed by atoms with van der Waals surface area (Å²) in [6.45, 7) is 3.08. The van der Waals surface area contributed by atoms with Crippen LogP contribution < -0.4 is 5.32 Å². The van der Waals surface area contributed by atoms with Gasteiger partial charge in [-0.15, -0.1) is 0 Å². The fraction of sp³-hybridized carbons (Fsp3) is 0.364. The first-order valence-corrected chi connectivity index (χ1v) is 4.55. The van der Waals surface area contributed by atoms with Gasteiger partial charge in [-0.3, -0.25) is 0 Å². The van der Waals surface area contributed by atoms with Crippen LogP contribution in [-0.2, 0) is 13.0 Å². The molecule has 0 fully saturated rings. The lowest BCUT2D eigenvalue weighted by atomic mass is 9.95. The van der Waals surface area contributed by atoms with Crippen LogP contribution in [0.1, 0.15) is 23.6 Å². The van der Waals surface area contributed by atoms with Gasteiger partial charge in [0.2, 0.25) is 0 Å². The summed E-state index contributed by atoms with van der Waals surface area (Å²) in [6.07, 6.45) is 1.07. The number of benzene rings is 1. The van der Waals surface area contributed by atoms with E-state index < -0.39 is 0 Å². The Labute approximate surface area is 78.2 Å². The van der Waals surface area contributed by atoms with Gasteiger partial charge in [-0.2, -0.15) is 5.26 Å². The third kappa shape index (κ3) is 1.56. The van der Waals surface area contributed by atoms with Crippen molar-refractivity contribution < 1.29 is 0 Å². The Bertz CT molecular complexity index is 363. The van der Waals surface area contributed by atoms with Crippen LogP contribution in [0.4, 0.5) is 0 Å². The average Bonchev–Trinajstić information content (AvgIpc) is 2.17. The molecule has 2 nitrogen and oxygen atoms in total. The standard InChI is InChI=1S/C11H12N2/c1-8-4-10-3-2-9(6-12)5-11(10)7-13-8/h2-3,5,8,13H,4,7H2,1H3. The Morgan fingerprint density at radius 3 is 3.08 bits per heavy atom. The van der Waals surface area contributed by atoms with Crippen LogP contribution in [0.25, 0.3) is 0 Å². The van der Waals surface area contributed by atoms with Crippen molar-refractivity contribution in [1.29, 1.82) is 5.26 Å². The molecule has 1 N–H and O–H groups in total. The van der Waals surface area contributed by atoms with E-state index >= 15 is 0 Å². The molecule has 0 bridgehead atoms. The van der Waals surface area contributed by atoms with Crippen LogP contribution in [0.15, 0.2) is 18.2 Å². The molecule has 1 heterocycles. The molecule has 0 aromatic heterocycles. The molecule has 1 aromatic rings. The Morgan fingerprint density at radius 2 is 2.31 bits per heavy atom. The number of fused-ring (bicyclic) bond motifs is 1. The second-order valence-electron chi connectivity index (χ2n) is 3.58. The third-order valence-electron chi connectivity index (χ3n) is 2.50. The van der Waals surface area contributed by atoms with E-state index in [1.807, 2.05) is 12.1 Å². The number of nitriles is 1. The number of hydrogen-bond donors (Lipinski definition) is 1. The minimum absolute atomic E-state index is 0.556. The zero-order valence-electron chi connectivity index (χ0n) is 7.67. The summed E-state index contributed by atoms with van der Waals surface area (Å²) in [4.78, 5) is 0. The summed E-state index contributed by atoms with van der Waals surface area (Å²) in [5, 5.41) is 12.1. The van der Waals surface area contributed by atoms with E-state index in [9.17, 15) is 0 Å². The Kier molecular flexibility index (Phi) is 2.03.